The van der Waals surface area contributed by atoms with Crippen molar-refractivity contribution in [2.75, 3.05) is 6.54 Å². The molecule has 0 bridgehead atoms. The molecule has 1 aliphatic rings. The van der Waals surface area contributed by atoms with Crippen molar-refractivity contribution >= 4 is 24.6 Å². The SMILES string of the molecule is CC(C)(OP(c1ccccc1)c1ccccc1)C1=N[C@@H](C(C)(C)C)CN1Cc1ccccc1. The number of hydrogen-bond donors (Lipinski definition) is 0. The molecule has 33 heavy (non-hydrogen) atoms. The van der Waals surface area contributed by atoms with Gasteiger partial charge in [0, 0.05) is 23.7 Å². The lowest BCUT2D eigenvalue weighted by Gasteiger charge is -2.35. The molecule has 0 fully saturated rings. The molecule has 4 rings (SSSR count). The van der Waals surface area contributed by atoms with E-state index in [2.05, 4.69) is 131 Å². The van der Waals surface area contributed by atoms with E-state index in [1.807, 2.05) is 0 Å². The van der Waals surface area contributed by atoms with Crippen molar-refractivity contribution in [3.05, 3.63) is 96.6 Å². The molecule has 0 saturated heterocycles. The van der Waals surface area contributed by atoms with E-state index in [1.54, 1.807) is 0 Å². The fraction of sp³-hybridized carbons (Fsp3) is 0.345. The molecule has 1 aliphatic heterocycles. The minimum atomic E-state index is -0.983. The van der Waals surface area contributed by atoms with Gasteiger partial charge < -0.3 is 9.42 Å². The van der Waals surface area contributed by atoms with Gasteiger partial charge in [-0.2, -0.15) is 0 Å². The topological polar surface area (TPSA) is 24.8 Å². The number of aliphatic imine (C=N–C) groups is 1. The minimum Gasteiger partial charge on any atom is -0.351 e. The zero-order valence-electron chi connectivity index (χ0n) is 20.4. The van der Waals surface area contributed by atoms with Crippen molar-refractivity contribution in [2.45, 2.75) is 52.8 Å². The molecule has 4 heteroatoms. The van der Waals surface area contributed by atoms with E-state index in [-0.39, 0.29) is 11.5 Å². The van der Waals surface area contributed by atoms with Crippen LogP contribution < -0.4 is 10.6 Å². The first-order chi connectivity index (χ1) is 15.7. The lowest BCUT2D eigenvalue weighted by atomic mass is 9.87. The highest BCUT2D eigenvalue weighted by molar-refractivity contribution is 7.68. The number of benzene rings is 3. The summed E-state index contributed by atoms with van der Waals surface area (Å²) in [6.45, 7) is 12.9. The third-order valence-corrected chi connectivity index (χ3v) is 8.20. The van der Waals surface area contributed by atoms with E-state index in [1.165, 1.54) is 16.2 Å². The normalized spacial score (nSPS) is 16.8. The van der Waals surface area contributed by atoms with Gasteiger partial charge in [0.1, 0.15) is 11.4 Å². The first kappa shape index (κ1) is 23.7. The number of hydrogen-bond acceptors (Lipinski definition) is 3. The Hall–Kier alpha value is -2.48. The van der Waals surface area contributed by atoms with Crippen LogP contribution in [-0.4, -0.2) is 28.9 Å². The Labute approximate surface area is 200 Å². The highest BCUT2D eigenvalue weighted by Gasteiger charge is 2.42. The molecule has 0 spiro atoms. The second-order valence-corrected chi connectivity index (χ2v) is 12.1. The Morgan fingerprint density at radius 1 is 0.788 bits per heavy atom. The summed E-state index contributed by atoms with van der Waals surface area (Å²) in [5.74, 6) is 1.05. The Morgan fingerprint density at radius 3 is 1.76 bits per heavy atom. The van der Waals surface area contributed by atoms with Gasteiger partial charge in [-0.3, -0.25) is 4.99 Å². The predicted octanol–water partition coefficient (Wildman–Crippen LogP) is 6.16. The van der Waals surface area contributed by atoms with Gasteiger partial charge in [0.05, 0.1) is 14.2 Å². The zero-order chi connectivity index (χ0) is 23.5. The molecule has 0 radical (unpaired) electrons. The van der Waals surface area contributed by atoms with Crippen molar-refractivity contribution in [1.29, 1.82) is 0 Å². The second kappa shape index (κ2) is 9.79. The van der Waals surface area contributed by atoms with Crippen LogP contribution in [-0.2, 0) is 11.1 Å². The molecule has 1 atom stereocenters. The van der Waals surface area contributed by atoms with E-state index in [4.69, 9.17) is 9.52 Å². The van der Waals surface area contributed by atoms with Crippen LogP contribution in [0.15, 0.2) is 96.0 Å². The first-order valence-corrected chi connectivity index (χ1v) is 13.0. The summed E-state index contributed by atoms with van der Waals surface area (Å²) in [6.07, 6.45) is 0. The quantitative estimate of drug-likeness (QED) is 0.396. The molecule has 1 heterocycles. The highest BCUT2D eigenvalue weighted by Crippen LogP contribution is 2.42. The van der Waals surface area contributed by atoms with Gasteiger partial charge in [0.15, 0.2) is 0 Å². The molecule has 0 saturated carbocycles. The van der Waals surface area contributed by atoms with Gasteiger partial charge in [0.25, 0.3) is 0 Å². The van der Waals surface area contributed by atoms with Gasteiger partial charge in [-0.05, 0) is 24.8 Å². The summed E-state index contributed by atoms with van der Waals surface area (Å²) in [7, 11) is -0.983. The molecule has 172 valence electrons. The molecule has 3 nitrogen and oxygen atoms in total. The number of amidine groups is 1. The second-order valence-electron chi connectivity index (χ2n) is 10.3. The molecule has 0 aromatic heterocycles. The summed E-state index contributed by atoms with van der Waals surface area (Å²) >= 11 is 0. The van der Waals surface area contributed by atoms with E-state index in [0.717, 1.165) is 18.9 Å². The fourth-order valence-electron chi connectivity index (χ4n) is 4.16. The Morgan fingerprint density at radius 2 is 1.27 bits per heavy atom. The van der Waals surface area contributed by atoms with Crippen molar-refractivity contribution in [3.8, 4) is 0 Å². The van der Waals surface area contributed by atoms with Crippen molar-refractivity contribution in [2.24, 2.45) is 10.4 Å². The van der Waals surface area contributed by atoms with Gasteiger partial charge in [-0.1, -0.05) is 112 Å². The summed E-state index contributed by atoms with van der Waals surface area (Å²) in [5.41, 5.74) is 0.853. The molecule has 0 unspecified atom stereocenters. The summed E-state index contributed by atoms with van der Waals surface area (Å²) < 4.78 is 7.02. The third-order valence-electron chi connectivity index (χ3n) is 6.03. The molecule has 0 N–H and O–H groups in total. The molecule has 0 amide bonds. The van der Waals surface area contributed by atoms with Gasteiger partial charge in [0.2, 0.25) is 0 Å². The summed E-state index contributed by atoms with van der Waals surface area (Å²) in [4.78, 5) is 7.70. The van der Waals surface area contributed by atoms with E-state index < -0.39 is 13.7 Å². The van der Waals surface area contributed by atoms with Crippen molar-refractivity contribution in [1.82, 2.24) is 4.90 Å². The summed E-state index contributed by atoms with van der Waals surface area (Å²) in [6, 6.07) is 32.1. The molecule has 3 aromatic carbocycles. The third kappa shape index (κ3) is 5.72. The lowest BCUT2D eigenvalue weighted by molar-refractivity contribution is 0.189. The Kier molecular flexibility index (Phi) is 7.02. The van der Waals surface area contributed by atoms with Crippen LogP contribution in [0.25, 0.3) is 0 Å². The average Bonchev–Trinajstić information content (AvgIpc) is 3.25. The summed E-state index contributed by atoms with van der Waals surface area (Å²) in [5, 5.41) is 2.43. The molecule has 0 aliphatic carbocycles. The average molecular weight is 459 g/mol. The first-order valence-electron chi connectivity index (χ1n) is 11.7. The molecular formula is C29H35N2OP. The Balaban J connectivity index is 1.68. The predicted molar refractivity (Wildman–Crippen MR) is 142 cm³/mol. The van der Waals surface area contributed by atoms with E-state index >= 15 is 0 Å². The van der Waals surface area contributed by atoms with Gasteiger partial charge in [-0.25, -0.2) is 0 Å². The lowest BCUT2D eigenvalue weighted by Crippen LogP contribution is -2.45. The smallest absolute Gasteiger partial charge is 0.132 e. The number of nitrogens with zero attached hydrogens (tertiary/aromatic N) is 2. The van der Waals surface area contributed by atoms with E-state index in [9.17, 15) is 0 Å². The highest BCUT2D eigenvalue weighted by atomic mass is 31.1. The van der Waals surface area contributed by atoms with Crippen LogP contribution in [0.5, 0.6) is 0 Å². The number of rotatable bonds is 7. The Bertz CT molecular complexity index is 1020. The van der Waals surface area contributed by atoms with Crippen LogP contribution >= 0.6 is 8.15 Å². The van der Waals surface area contributed by atoms with Crippen LogP contribution in [0.1, 0.15) is 40.2 Å². The van der Waals surface area contributed by atoms with Crippen LogP contribution in [0.4, 0.5) is 0 Å². The van der Waals surface area contributed by atoms with Crippen molar-refractivity contribution in [3.63, 3.8) is 0 Å². The van der Waals surface area contributed by atoms with Crippen LogP contribution in [0, 0.1) is 5.41 Å². The fourth-order valence-corrected chi connectivity index (χ4v) is 6.10. The van der Waals surface area contributed by atoms with Gasteiger partial charge in [-0.15, -0.1) is 0 Å². The standard InChI is InChI=1S/C29H35N2OP/c1-28(2,3)26-22-31(21-23-15-9-6-10-16-23)27(30-26)29(4,5)32-33(24-17-11-7-12-18-24)25-19-13-8-14-20-25/h6-20,26H,21-22H2,1-5H3/t26-/m1/s1. The molecule has 3 aromatic rings. The van der Waals surface area contributed by atoms with Crippen molar-refractivity contribution < 1.29 is 4.52 Å². The largest absolute Gasteiger partial charge is 0.351 e. The monoisotopic (exact) mass is 458 g/mol. The maximum absolute atomic E-state index is 7.02. The van der Waals surface area contributed by atoms with E-state index in [0.29, 0.717) is 0 Å². The maximum Gasteiger partial charge on any atom is 0.132 e. The minimum absolute atomic E-state index is 0.0936. The van der Waals surface area contributed by atoms with Crippen LogP contribution in [0.3, 0.4) is 0 Å². The van der Waals surface area contributed by atoms with Crippen LogP contribution in [0.2, 0.25) is 0 Å². The molecular weight excluding hydrogens is 423 g/mol. The van der Waals surface area contributed by atoms with Gasteiger partial charge >= 0.3 is 0 Å². The zero-order valence-corrected chi connectivity index (χ0v) is 21.3. The maximum atomic E-state index is 7.02.